The van der Waals surface area contributed by atoms with E-state index < -0.39 is 18.2 Å². The smallest absolute Gasteiger partial charge is 0.411 e. The molecule has 0 saturated heterocycles. The van der Waals surface area contributed by atoms with Crippen LogP contribution in [0.1, 0.15) is 67.9 Å². The van der Waals surface area contributed by atoms with Gasteiger partial charge in [-0.3, -0.25) is 14.9 Å². The molecule has 3 amide bonds. The Morgan fingerprint density at radius 2 is 1.72 bits per heavy atom. The number of hydrogen-bond donors (Lipinski definition) is 4. The minimum Gasteiger partial charge on any atom is -0.453 e. The number of nitrogens with zero attached hydrogens (tertiary/aromatic N) is 2. The lowest BCUT2D eigenvalue weighted by molar-refractivity contribution is 0.0784. The summed E-state index contributed by atoms with van der Waals surface area (Å²) >= 11 is 1.50. The highest BCUT2D eigenvalue weighted by Gasteiger charge is 2.23. The van der Waals surface area contributed by atoms with Crippen molar-refractivity contribution >= 4 is 34.9 Å². The highest BCUT2D eigenvalue weighted by molar-refractivity contribution is 7.09. The molecule has 10 nitrogen and oxygen atoms in total. The summed E-state index contributed by atoms with van der Waals surface area (Å²) in [6.45, 7) is 7.05. The SMILES string of the molecule is COC(=O)Nc1cc(CNC[C@@H](O)[C@H](Cc2ccccc2)NC(=O)c2cccc(C(=O)N(C)Cc3nc(C)cs3)c2)cc(C(C)C)c1. The Labute approximate surface area is 280 Å². The molecule has 0 aliphatic heterocycles. The summed E-state index contributed by atoms with van der Waals surface area (Å²) in [5, 5.41) is 23.1. The first-order chi connectivity index (χ1) is 22.5. The molecule has 1 aromatic heterocycles. The Bertz CT molecular complexity index is 1660. The van der Waals surface area contributed by atoms with Crippen LogP contribution in [0, 0.1) is 6.92 Å². The zero-order valence-electron chi connectivity index (χ0n) is 27.4. The van der Waals surface area contributed by atoms with Crippen molar-refractivity contribution < 1.29 is 24.2 Å². The van der Waals surface area contributed by atoms with Crippen molar-refractivity contribution in [2.45, 2.75) is 58.3 Å². The first-order valence-corrected chi connectivity index (χ1v) is 16.4. The van der Waals surface area contributed by atoms with Gasteiger partial charge in [-0.15, -0.1) is 11.3 Å². The van der Waals surface area contributed by atoms with Crippen LogP contribution in [0.4, 0.5) is 10.5 Å². The van der Waals surface area contributed by atoms with E-state index in [0.29, 0.717) is 36.3 Å². The van der Waals surface area contributed by atoms with Crippen LogP contribution in [-0.2, 0) is 24.2 Å². The molecule has 4 rings (SSSR count). The van der Waals surface area contributed by atoms with Crippen LogP contribution < -0.4 is 16.0 Å². The number of aliphatic hydroxyl groups excluding tert-OH is 1. The van der Waals surface area contributed by atoms with E-state index in [2.05, 4.69) is 40.8 Å². The predicted octanol–water partition coefficient (Wildman–Crippen LogP) is 5.52. The van der Waals surface area contributed by atoms with E-state index in [0.717, 1.165) is 27.4 Å². The topological polar surface area (TPSA) is 133 Å². The summed E-state index contributed by atoms with van der Waals surface area (Å²) in [4.78, 5) is 44.5. The maximum atomic E-state index is 13.5. The van der Waals surface area contributed by atoms with Gasteiger partial charge in [0.25, 0.3) is 11.8 Å². The first-order valence-electron chi connectivity index (χ1n) is 15.5. The molecule has 47 heavy (non-hydrogen) atoms. The summed E-state index contributed by atoms with van der Waals surface area (Å²) in [5.74, 6) is -0.370. The molecule has 1 heterocycles. The fraction of sp³-hybridized carbons (Fsp3) is 0.333. The van der Waals surface area contributed by atoms with E-state index >= 15 is 0 Å². The average Bonchev–Trinajstić information content (AvgIpc) is 3.48. The maximum absolute atomic E-state index is 13.5. The van der Waals surface area contributed by atoms with Crippen molar-refractivity contribution in [2.75, 3.05) is 26.0 Å². The third kappa shape index (κ3) is 10.5. The van der Waals surface area contributed by atoms with Gasteiger partial charge in [-0.1, -0.05) is 56.3 Å². The van der Waals surface area contributed by atoms with Gasteiger partial charge >= 0.3 is 6.09 Å². The first kappa shape index (κ1) is 35.3. The molecule has 248 valence electrons. The molecule has 0 saturated carbocycles. The fourth-order valence-electron chi connectivity index (χ4n) is 5.07. The van der Waals surface area contributed by atoms with Crippen LogP contribution >= 0.6 is 11.3 Å². The number of anilines is 1. The minimum absolute atomic E-state index is 0.197. The quantitative estimate of drug-likeness (QED) is 0.140. The summed E-state index contributed by atoms with van der Waals surface area (Å²) in [5.41, 5.74) is 5.19. The number of rotatable bonds is 14. The highest BCUT2D eigenvalue weighted by atomic mass is 32.1. The lowest BCUT2D eigenvalue weighted by atomic mass is 9.99. The lowest BCUT2D eigenvalue weighted by Gasteiger charge is -2.25. The van der Waals surface area contributed by atoms with Gasteiger partial charge in [0.2, 0.25) is 0 Å². The highest BCUT2D eigenvalue weighted by Crippen LogP contribution is 2.22. The second kappa shape index (κ2) is 16.8. The zero-order valence-corrected chi connectivity index (χ0v) is 28.3. The van der Waals surface area contributed by atoms with Gasteiger partial charge < -0.3 is 25.4 Å². The lowest BCUT2D eigenvalue weighted by Crippen LogP contribution is -2.48. The Morgan fingerprint density at radius 3 is 2.40 bits per heavy atom. The van der Waals surface area contributed by atoms with Crippen molar-refractivity contribution in [2.24, 2.45) is 0 Å². The van der Waals surface area contributed by atoms with E-state index in [1.807, 2.05) is 54.8 Å². The third-order valence-corrected chi connectivity index (χ3v) is 8.58. The average molecular weight is 658 g/mol. The third-order valence-electron chi connectivity index (χ3n) is 7.63. The molecule has 0 aliphatic rings. The standard InChI is InChI=1S/C36H43N5O5S/c1-23(2)29-14-26(15-30(18-29)39-36(45)46-5)19-37-20-32(42)31(16-25-10-7-6-8-11-25)40-34(43)27-12-9-13-28(17-27)35(44)41(4)21-33-38-24(3)22-47-33/h6-15,17-18,22-23,31-32,37,42H,16,19-21H2,1-5H3,(H,39,45)(H,40,43)/t31-,32+/m0/s1. The largest absolute Gasteiger partial charge is 0.453 e. The number of carbonyl (C=O) groups is 3. The van der Waals surface area contributed by atoms with Gasteiger partial charge in [-0.25, -0.2) is 9.78 Å². The number of aromatic nitrogens is 1. The predicted molar refractivity (Wildman–Crippen MR) is 185 cm³/mol. The molecule has 0 fully saturated rings. The Balaban J connectivity index is 1.44. The number of aliphatic hydroxyl groups is 1. The number of thiazole rings is 1. The second-order valence-electron chi connectivity index (χ2n) is 11.8. The number of carbonyl (C=O) groups excluding carboxylic acids is 3. The van der Waals surface area contributed by atoms with Crippen LogP contribution in [0.25, 0.3) is 0 Å². The van der Waals surface area contributed by atoms with Crippen LogP contribution in [0.15, 0.2) is 78.2 Å². The van der Waals surface area contributed by atoms with Crippen molar-refractivity contribution in [3.63, 3.8) is 0 Å². The molecular weight excluding hydrogens is 614 g/mol. The molecule has 3 aromatic carbocycles. The van der Waals surface area contributed by atoms with E-state index in [4.69, 9.17) is 4.74 Å². The van der Waals surface area contributed by atoms with Crippen molar-refractivity contribution in [3.05, 3.63) is 117 Å². The maximum Gasteiger partial charge on any atom is 0.411 e. The van der Waals surface area contributed by atoms with E-state index in [1.165, 1.54) is 18.4 Å². The Kier molecular flexibility index (Phi) is 12.6. The molecule has 0 unspecified atom stereocenters. The van der Waals surface area contributed by atoms with Gasteiger partial charge in [-0.2, -0.15) is 0 Å². The van der Waals surface area contributed by atoms with E-state index in [9.17, 15) is 19.5 Å². The summed E-state index contributed by atoms with van der Waals surface area (Å²) in [6, 6.07) is 21.4. The fourth-order valence-corrected chi connectivity index (χ4v) is 5.89. The van der Waals surface area contributed by atoms with Crippen LogP contribution in [0.2, 0.25) is 0 Å². The van der Waals surface area contributed by atoms with Crippen molar-refractivity contribution in [3.8, 4) is 0 Å². The molecule has 2 atom stereocenters. The van der Waals surface area contributed by atoms with Crippen molar-refractivity contribution in [1.82, 2.24) is 20.5 Å². The van der Waals surface area contributed by atoms with Crippen LogP contribution in [0.5, 0.6) is 0 Å². The van der Waals surface area contributed by atoms with Crippen LogP contribution in [-0.4, -0.2) is 65.7 Å². The molecule has 4 N–H and O–H groups in total. The number of amides is 3. The normalized spacial score (nSPS) is 12.3. The van der Waals surface area contributed by atoms with Gasteiger partial charge in [0.05, 0.1) is 25.8 Å². The minimum atomic E-state index is -0.933. The molecular formula is C36H43N5O5S. The molecule has 0 radical (unpaired) electrons. The second-order valence-corrected chi connectivity index (χ2v) is 12.8. The Hall–Kier alpha value is -4.58. The van der Waals surface area contributed by atoms with Gasteiger partial charge in [-0.05, 0) is 66.3 Å². The number of hydrogen-bond acceptors (Lipinski definition) is 8. The number of methoxy groups -OCH3 is 1. The van der Waals surface area contributed by atoms with Gasteiger partial charge in [0.1, 0.15) is 5.01 Å². The molecule has 4 aromatic rings. The number of ether oxygens (including phenoxy) is 1. The summed E-state index contributed by atoms with van der Waals surface area (Å²) < 4.78 is 4.74. The monoisotopic (exact) mass is 657 g/mol. The summed E-state index contributed by atoms with van der Waals surface area (Å²) in [6.07, 6.45) is -1.08. The Morgan fingerprint density at radius 1 is 0.979 bits per heavy atom. The van der Waals surface area contributed by atoms with Gasteiger partial charge in [0.15, 0.2) is 0 Å². The van der Waals surface area contributed by atoms with Crippen molar-refractivity contribution in [1.29, 1.82) is 0 Å². The zero-order chi connectivity index (χ0) is 33.9. The summed E-state index contributed by atoms with van der Waals surface area (Å²) in [7, 11) is 3.03. The van der Waals surface area contributed by atoms with Crippen LogP contribution in [0.3, 0.4) is 0 Å². The molecule has 0 aliphatic carbocycles. The van der Waals surface area contributed by atoms with Gasteiger partial charge in [0, 0.05) is 48.0 Å². The number of benzene rings is 3. The van der Waals surface area contributed by atoms with E-state index in [1.54, 1.807) is 36.2 Å². The van der Waals surface area contributed by atoms with E-state index in [-0.39, 0.29) is 24.3 Å². The molecule has 11 heteroatoms. The molecule has 0 spiro atoms. The molecule has 0 bridgehead atoms. The number of aryl methyl sites for hydroxylation is 1. The number of nitrogens with one attached hydrogen (secondary N) is 3.